The largest absolute Gasteiger partial charge is 0.490 e. The predicted octanol–water partition coefficient (Wildman–Crippen LogP) is 2.00. The summed E-state index contributed by atoms with van der Waals surface area (Å²) in [7, 11) is 1.41. The fourth-order valence-electron chi connectivity index (χ4n) is 2.33. The van der Waals surface area contributed by atoms with Gasteiger partial charge in [-0.3, -0.25) is 10.1 Å². The Morgan fingerprint density at radius 1 is 1.47 bits per heavy atom. The van der Waals surface area contributed by atoms with Crippen LogP contribution in [0.3, 0.4) is 0 Å². The van der Waals surface area contributed by atoms with Crippen LogP contribution in [0.15, 0.2) is 18.2 Å². The third-order valence-corrected chi connectivity index (χ3v) is 3.41. The number of rotatable bonds is 5. The summed E-state index contributed by atoms with van der Waals surface area (Å²) in [6, 6.07) is 4.92. The lowest BCUT2D eigenvalue weighted by molar-refractivity contribution is -0.385. The maximum absolute atomic E-state index is 10.9. The van der Waals surface area contributed by atoms with E-state index in [-0.39, 0.29) is 23.6 Å². The minimum atomic E-state index is -0.455. The van der Waals surface area contributed by atoms with E-state index in [1.807, 2.05) is 0 Å². The topological polar surface area (TPSA) is 87.6 Å². The van der Waals surface area contributed by atoms with Crippen molar-refractivity contribution in [3.8, 4) is 5.75 Å². The fourth-order valence-corrected chi connectivity index (χ4v) is 2.33. The summed E-state index contributed by atoms with van der Waals surface area (Å²) in [5.41, 5.74) is 6.63. The molecule has 2 rings (SSSR count). The van der Waals surface area contributed by atoms with Crippen LogP contribution in [0, 0.1) is 10.1 Å². The maximum Gasteiger partial charge on any atom is 0.311 e. The average Bonchev–Trinajstić information content (AvgIpc) is 2.81. The molecule has 1 fully saturated rings. The van der Waals surface area contributed by atoms with Gasteiger partial charge in [0.25, 0.3) is 0 Å². The standard InChI is InChI=1S/C13H18N2O4/c1-18-13-6-5-9(7-11(13)15(16)17)8-19-12-4-2-3-10(12)14/h5-7,10,12H,2-4,8,14H2,1H3/t10-,12-/m1/s1. The smallest absolute Gasteiger partial charge is 0.311 e. The number of benzene rings is 1. The van der Waals surface area contributed by atoms with Crippen molar-refractivity contribution in [2.45, 2.75) is 38.0 Å². The third kappa shape index (κ3) is 3.21. The van der Waals surface area contributed by atoms with Gasteiger partial charge < -0.3 is 15.2 Å². The number of methoxy groups -OCH3 is 1. The minimum absolute atomic E-state index is 0.0423. The first-order valence-corrected chi connectivity index (χ1v) is 6.30. The zero-order chi connectivity index (χ0) is 13.8. The molecule has 1 aliphatic carbocycles. The van der Waals surface area contributed by atoms with E-state index in [4.69, 9.17) is 15.2 Å². The Morgan fingerprint density at radius 2 is 2.26 bits per heavy atom. The molecule has 0 aliphatic heterocycles. The van der Waals surface area contributed by atoms with Crippen LogP contribution < -0.4 is 10.5 Å². The summed E-state index contributed by atoms with van der Waals surface area (Å²) in [6.07, 6.45) is 3.07. The van der Waals surface area contributed by atoms with E-state index in [9.17, 15) is 10.1 Å². The van der Waals surface area contributed by atoms with Crippen LogP contribution in [0.1, 0.15) is 24.8 Å². The first-order valence-electron chi connectivity index (χ1n) is 6.30. The van der Waals surface area contributed by atoms with Crippen molar-refractivity contribution in [2.24, 2.45) is 5.73 Å². The van der Waals surface area contributed by atoms with Gasteiger partial charge in [0.1, 0.15) is 0 Å². The normalized spacial score (nSPS) is 22.4. The highest BCUT2D eigenvalue weighted by Crippen LogP contribution is 2.28. The van der Waals surface area contributed by atoms with E-state index in [0.29, 0.717) is 6.61 Å². The highest BCUT2D eigenvalue weighted by molar-refractivity contribution is 5.48. The van der Waals surface area contributed by atoms with Crippen LogP contribution in [-0.2, 0) is 11.3 Å². The molecular weight excluding hydrogens is 248 g/mol. The van der Waals surface area contributed by atoms with Gasteiger partial charge in [0, 0.05) is 12.1 Å². The summed E-state index contributed by atoms with van der Waals surface area (Å²) in [5, 5.41) is 10.9. The molecule has 0 bridgehead atoms. The molecule has 19 heavy (non-hydrogen) atoms. The molecule has 0 saturated heterocycles. The molecule has 2 N–H and O–H groups in total. The Kier molecular flexibility index (Phi) is 4.34. The number of ether oxygens (including phenoxy) is 2. The highest BCUT2D eigenvalue weighted by Gasteiger charge is 2.24. The second kappa shape index (κ2) is 5.99. The molecule has 6 nitrogen and oxygen atoms in total. The number of nitro groups is 1. The molecule has 1 aromatic rings. The first-order chi connectivity index (χ1) is 9.11. The van der Waals surface area contributed by atoms with Crippen molar-refractivity contribution in [1.82, 2.24) is 0 Å². The molecule has 1 aromatic carbocycles. The number of nitrogens with two attached hydrogens (primary N) is 1. The van der Waals surface area contributed by atoms with Gasteiger partial charge in [-0.05, 0) is 30.9 Å². The Bertz CT molecular complexity index is 464. The Balaban J connectivity index is 2.04. The molecule has 0 unspecified atom stereocenters. The second-order valence-electron chi connectivity index (χ2n) is 4.71. The molecule has 0 heterocycles. The van der Waals surface area contributed by atoms with Gasteiger partial charge in [-0.2, -0.15) is 0 Å². The Hall–Kier alpha value is -1.66. The fraction of sp³-hybridized carbons (Fsp3) is 0.538. The van der Waals surface area contributed by atoms with Gasteiger partial charge in [-0.25, -0.2) is 0 Å². The number of hydrogen-bond donors (Lipinski definition) is 1. The van der Waals surface area contributed by atoms with Gasteiger partial charge in [0.2, 0.25) is 0 Å². The SMILES string of the molecule is COc1ccc(CO[C@@H]2CCC[C@H]2N)cc1[N+](=O)[O-]. The lowest BCUT2D eigenvalue weighted by Gasteiger charge is -2.16. The van der Waals surface area contributed by atoms with Crippen molar-refractivity contribution >= 4 is 5.69 Å². The molecule has 0 radical (unpaired) electrons. The van der Waals surface area contributed by atoms with Crippen molar-refractivity contribution in [1.29, 1.82) is 0 Å². The van der Waals surface area contributed by atoms with E-state index < -0.39 is 4.92 Å². The highest BCUT2D eigenvalue weighted by atomic mass is 16.6. The molecule has 6 heteroatoms. The van der Waals surface area contributed by atoms with Crippen LogP contribution in [0.2, 0.25) is 0 Å². The predicted molar refractivity (Wildman–Crippen MR) is 70.1 cm³/mol. The van der Waals surface area contributed by atoms with Crippen molar-refractivity contribution in [3.63, 3.8) is 0 Å². The summed E-state index contributed by atoms with van der Waals surface area (Å²) < 4.78 is 10.7. The third-order valence-electron chi connectivity index (χ3n) is 3.41. The Labute approximate surface area is 111 Å². The number of hydrogen-bond acceptors (Lipinski definition) is 5. The van der Waals surface area contributed by atoms with E-state index in [1.165, 1.54) is 13.2 Å². The van der Waals surface area contributed by atoms with Gasteiger partial charge in [0.15, 0.2) is 5.75 Å². The van der Waals surface area contributed by atoms with Crippen LogP contribution in [0.5, 0.6) is 5.75 Å². The number of nitro benzene ring substituents is 1. The zero-order valence-electron chi connectivity index (χ0n) is 10.9. The zero-order valence-corrected chi connectivity index (χ0v) is 10.9. The quantitative estimate of drug-likeness (QED) is 0.650. The summed E-state index contributed by atoms with van der Waals surface area (Å²) in [6.45, 7) is 0.337. The first kappa shape index (κ1) is 13.8. The lowest BCUT2D eigenvalue weighted by Crippen LogP contribution is -2.31. The lowest BCUT2D eigenvalue weighted by atomic mass is 10.2. The molecular formula is C13H18N2O4. The average molecular weight is 266 g/mol. The van der Waals surface area contributed by atoms with Crippen molar-refractivity contribution in [2.75, 3.05) is 7.11 Å². The molecule has 104 valence electrons. The van der Waals surface area contributed by atoms with E-state index in [2.05, 4.69) is 0 Å². The maximum atomic E-state index is 10.9. The van der Waals surface area contributed by atoms with Gasteiger partial charge in [-0.1, -0.05) is 6.07 Å². The van der Waals surface area contributed by atoms with Crippen molar-refractivity contribution in [3.05, 3.63) is 33.9 Å². The minimum Gasteiger partial charge on any atom is -0.490 e. The molecule has 1 saturated carbocycles. The van der Waals surface area contributed by atoms with Crippen molar-refractivity contribution < 1.29 is 14.4 Å². The van der Waals surface area contributed by atoms with Crippen LogP contribution >= 0.6 is 0 Å². The summed E-state index contributed by atoms with van der Waals surface area (Å²) >= 11 is 0. The Morgan fingerprint density at radius 3 is 2.84 bits per heavy atom. The van der Waals surface area contributed by atoms with E-state index >= 15 is 0 Å². The van der Waals surface area contributed by atoms with Crippen LogP contribution in [0.4, 0.5) is 5.69 Å². The molecule has 0 amide bonds. The monoisotopic (exact) mass is 266 g/mol. The summed E-state index contributed by atoms with van der Waals surface area (Å²) in [5.74, 6) is 0.256. The molecule has 0 aromatic heterocycles. The van der Waals surface area contributed by atoms with Gasteiger partial charge in [0.05, 0.1) is 24.7 Å². The van der Waals surface area contributed by atoms with Gasteiger partial charge >= 0.3 is 5.69 Å². The van der Waals surface area contributed by atoms with Gasteiger partial charge in [-0.15, -0.1) is 0 Å². The molecule has 1 aliphatic rings. The number of nitrogens with zero attached hydrogens (tertiary/aromatic N) is 1. The molecule has 2 atom stereocenters. The van der Waals surface area contributed by atoms with E-state index in [1.54, 1.807) is 12.1 Å². The van der Waals surface area contributed by atoms with Crippen LogP contribution in [-0.4, -0.2) is 24.2 Å². The second-order valence-corrected chi connectivity index (χ2v) is 4.71. The van der Waals surface area contributed by atoms with E-state index in [0.717, 1.165) is 24.8 Å². The summed E-state index contributed by atoms with van der Waals surface area (Å²) in [4.78, 5) is 10.5. The molecule has 0 spiro atoms. The van der Waals surface area contributed by atoms with Crippen LogP contribution in [0.25, 0.3) is 0 Å².